The normalized spacial score (nSPS) is 18.1. The van der Waals surface area contributed by atoms with E-state index in [1.54, 1.807) is 6.20 Å². The molecule has 1 unspecified atom stereocenters. The molecular weight excluding hydrogens is 250 g/mol. The predicted octanol–water partition coefficient (Wildman–Crippen LogP) is 1.92. The first-order chi connectivity index (χ1) is 9.75. The average Bonchev–Trinajstić information content (AvgIpc) is 3.02. The highest BCUT2D eigenvalue weighted by Crippen LogP contribution is 2.28. The number of amides is 1. The van der Waals surface area contributed by atoms with E-state index < -0.39 is 5.91 Å². The molecule has 20 heavy (non-hydrogen) atoms. The van der Waals surface area contributed by atoms with Gasteiger partial charge >= 0.3 is 0 Å². The molecule has 4 heteroatoms. The summed E-state index contributed by atoms with van der Waals surface area (Å²) in [4.78, 5) is 16.0. The van der Waals surface area contributed by atoms with Crippen LogP contribution in [0.15, 0.2) is 42.6 Å². The van der Waals surface area contributed by atoms with E-state index in [2.05, 4.69) is 16.4 Å². The van der Waals surface area contributed by atoms with E-state index >= 15 is 0 Å². The fraction of sp³-hybridized carbons (Fsp3) is 0.250. The lowest BCUT2D eigenvalue weighted by Crippen LogP contribution is -2.14. The number of primary amides is 1. The minimum atomic E-state index is -0.404. The van der Waals surface area contributed by atoms with Crippen LogP contribution in [0, 0.1) is 0 Å². The highest BCUT2D eigenvalue weighted by Gasteiger charge is 2.19. The van der Waals surface area contributed by atoms with E-state index in [0.717, 1.165) is 30.8 Å². The molecule has 0 spiro atoms. The van der Waals surface area contributed by atoms with Crippen molar-refractivity contribution in [3.05, 3.63) is 53.7 Å². The van der Waals surface area contributed by atoms with Crippen LogP contribution in [0.3, 0.4) is 0 Å². The Morgan fingerprint density at radius 2 is 2.20 bits per heavy atom. The molecule has 3 rings (SSSR count). The predicted molar refractivity (Wildman–Crippen MR) is 78.4 cm³/mol. The summed E-state index contributed by atoms with van der Waals surface area (Å²) >= 11 is 0. The Kier molecular flexibility index (Phi) is 3.48. The highest BCUT2D eigenvalue weighted by atomic mass is 16.1. The zero-order valence-corrected chi connectivity index (χ0v) is 11.2. The van der Waals surface area contributed by atoms with Gasteiger partial charge in [0.1, 0.15) is 0 Å². The smallest absolute Gasteiger partial charge is 0.249 e. The second-order valence-electron chi connectivity index (χ2n) is 5.07. The van der Waals surface area contributed by atoms with Gasteiger partial charge in [-0.2, -0.15) is 0 Å². The molecule has 1 aliphatic heterocycles. The number of hydrogen-bond donors (Lipinski definition) is 2. The van der Waals surface area contributed by atoms with Gasteiger partial charge in [-0.25, -0.2) is 0 Å². The van der Waals surface area contributed by atoms with Gasteiger partial charge in [0, 0.05) is 23.9 Å². The molecule has 1 saturated heterocycles. The Hall–Kier alpha value is -2.20. The molecule has 1 fully saturated rings. The second kappa shape index (κ2) is 5.43. The van der Waals surface area contributed by atoms with Crippen molar-refractivity contribution in [2.75, 3.05) is 13.1 Å². The first-order valence-corrected chi connectivity index (χ1v) is 6.81. The van der Waals surface area contributed by atoms with Gasteiger partial charge in [0.25, 0.3) is 0 Å². The average molecular weight is 267 g/mol. The number of carbonyl (C=O) groups is 1. The molecule has 0 aliphatic carbocycles. The van der Waals surface area contributed by atoms with Crippen LogP contribution in [-0.2, 0) is 0 Å². The van der Waals surface area contributed by atoms with E-state index in [-0.39, 0.29) is 0 Å². The van der Waals surface area contributed by atoms with E-state index in [1.165, 1.54) is 5.56 Å². The Balaban J connectivity index is 2.05. The van der Waals surface area contributed by atoms with Crippen LogP contribution in [0.4, 0.5) is 0 Å². The third-order valence-electron chi connectivity index (χ3n) is 3.78. The lowest BCUT2D eigenvalue weighted by atomic mass is 9.93. The van der Waals surface area contributed by atoms with Crippen molar-refractivity contribution < 1.29 is 4.79 Å². The number of hydrogen-bond acceptors (Lipinski definition) is 3. The maximum Gasteiger partial charge on any atom is 0.249 e. The van der Waals surface area contributed by atoms with E-state index in [4.69, 9.17) is 5.73 Å². The number of carbonyl (C=O) groups excluding carboxylic acids is 1. The van der Waals surface area contributed by atoms with Gasteiger partial charge in [0.15, 0.2) is 0 Å². The standard InChI is InChI=1S/C16H17N3O/c17-16(20)14-9-11(12-6-8-18-10-12)4-5-13(14)15-3-1-2-7-19-15/h1-5,7,9,12,18H,6,8,10H2,(H2,17,20). The minimum Gasteiger partial charge on any atom is -0.366 e. The molecule has 0 radical (unpaired) electrons. The van der Waals surface area contributed by atoms with Crippen molar-refractivity contribution in [3.8, 4) is 11.3 Å². The molecule has 1 aromatic heterocycles. The number of nitrogens with zero attached hydrogens (tertiary/aromatic N) is 1. The molecule has 4 nitrogen and oxygen atoms in total. The number of pyridine rings is 1. The number of nitrogens with one attached hydrogen (secondary N) is 1. The van der Waals surface area contributed by atoms with Crippen LogP contribution in [0.25, 0.3) is 11.3 Å². The molecule has 3 N–H and O–H groups in total. The molecule has 2 heterocycles. The Labute approximate surface area is 118 Å². The summed E-state index contributed by atoms with van der Waals surface area (Å²) in [5.41, 5.74) is 8.83. The molecule has 1 aromatic carbocycles. The molecule has 2 aromatic rings. The molecule has 0 bridgehead atoms. The second-order valence-corrected chi connectivity index (χ2v) is 5.07. The SMILES string of the molecule is NC(=O)c1cc(C2CCNC2)ccc1-c1ccccn1. The Bertz CT molecular complexity index is 619. The minimum absolute atomic E-state index is 0.404. The first-order valence-electron chi connectivity index (χ1n) is 6.81. The Morgan fingerprint density at radius 3 is 2.85 bits per heavy atom. The Morgan fingerprint density at radius 1 is 1.30 bits per heavy atom. The quantitative estimate of drug-likeness (QED) is 0.892. The van der Waals surface area contributed by atoms with Gasteiger partial charge in [-0.3, -0.25) is 9.78 Å². The largest absolute Gasteiger partial charge is 0.366 e. The lowest BCUT2D eigenvalue weighted by molar-refractivity contribution is 0.100. The zero-order chi connectivity index (χ0) is 13.9. The summed E-state index contributed by atoms with van der Waals surface area (Å²) in [6.45, 7) is 1.99. The van der Waals surface area contributed by atoms with E-state index in [1.807, 2.05) is 30.3 Å². The van der Waals surface area contributed by atoms with Crippen molar-refractivity contribution in [2.45, 2.75) is 12.3 Å². The van der Waals surface area contributed by atoms with Gasteiger partial charge in [0.05, 0.1) is 5.69 Å². The number of rotatable bonds is 3. The fourth-order valence-electron chi connectivity index (χ4n) is 2.70. The summed E-state index contributed by atoms with van der Waals surface area (Å²) in [5, 5.41) is 3.34. The number of aromatic nitrogens is 1. The van der Waals surface area contributed by atoms with Gasteiger partial charge in [-0.1, -0.05) is 18.2 Å². The van der Waals surface area contributed by atoms with E-state index in [0.29, 0.717) is 11.5 Å². The third-order valence-corrected chi connectivity index (χ3v) is 3.78. The lowest BCUT2D eigenvalue weighted by Gasteiger charge is -2.13. The number of nitrogens with two attached hydrogens (primary N) is 1. The topological polar surface area (TPSA) is 68.0 Å². The third kappa shape index (κ3) is 2.42. The summed E-state index contributed by atoms with van der Waals surface area (Å²) in [5.74, 6) is 0.0596. The monoisotopic (exact) mass is 267 g/mol. The highest BCUT2D eigenvalue weighted by molar-refractivity contribution is 5.99. The van der Waals surface area contributed by atoms with Crippen molar-refractivity contribution >= 4 is 5.91 Å². The van der Waals surface area contributed by atoms with Crippen LogP contribution in [0.1, 0.15) is 28.3 Å². The molecule has 1 amide bonds. The molecular formula is C16H17N3O. The van der Waals surface area contributed by atoms with Gasteiger partial charge in [-0.05, 0) is 42.6 Å². The van der Waals surface area contributed by atoms with Crippen LogP contribution in [0.5, 0.6) is 0 Å². The van der Waals surface area contributed by atoms with Crippen LogP contribution < -0.4 is 11.1 Å². The zero-order valence-electron chi connectivity index (χ0n) is 11.2. The molecule has 1 atom stereocenters. The maximum atomic E-state index is 11.7. The summed E-state index contributed by atoms with van der Waals surface area (Å²) in [6.07, 6.45) is 2.82. The van der Waals surface area contributed by atoms with Gasteiger partial charge < -0.3 is 11.1 Å². The van der Waals surface area contributed by atoms with Gasteiger partial charge in [0.2, 0.25) is 5.91 Å². The molecule has 0 saturated carbocycles. The van der Waals surface area contributed by atoms with Gasteiger partial charge in [-0.15, -0.1) is 0 Å². The maximum absolute atomic E-state index is 11.7. The molecule has 102 valence electrons. The van der Waals surface area contributed by atoms with Crippen molar-refractivity contribution in [3.63, 3.8) is 0 Å². The fourth-order valence-corrected chi connectivity index (χ4v) is 2.70. The van der Waals surface area contributed by atoms with Crippen molar-refractivity contribution in [1.29, 1.82) is 0 Å². The van der Waals surface area contributed by atoms with Crippen molar-refractivity contribution in [1.82, 2.24) is 10.3 Å². The summed E-state index contributed by atoms with van der Waals surface area (Å²) in [7, 11) is 0. The summed E-state index contributed by atoms with van der Waals surface area (Å²) in [6, 6.07) is 11.6. The van der Waals surface area contributed by atoms with E-state index in [9.17, 15) is 4.79 Å². The first kappa shape index (κ1) is 12.8. The van der Waals surface area contributed by atoms with Crippen LogP contribution >= 0.6 is 0 Å². The van der Waals surface area contributed by atoms with Crippen LogP contribution in [0.2, 0.25) is 0 Å². The summed E-state index contributed by atoms with van der Waals surface area (Å²) < 4.78 is 0. The number of benzene rings is 1. The van der Waals surface area contributed by atoms with Crippen molar-refractivity contribution in [2.24, 2.45) is 5.73 Å². The van der Waals surface area contributed by atoms with Crippen LogP contribution in [-0.4, -0.2) is 24.0 Å². The molecule has 1 aliphatic rings.